The molecule has 1 aromatic rings. The molecule has 0 saturated carbocycles. The molecule has 1 N–H and O–H groups in total. The zero-order valence-electron chi connectivity index (χ0n) is 10.9. The number of amides is 1. The van der Waals surface area contributed by atoms with E-state index in [0.717, 1.165) is 5.56 Å². The number of aryl methyl sites for hydroxylation is 1. The summed E-state index contributed by atoms with van der Waals surface area (Å²) in [5.41, 5.74) is -2.32. The standard InChI is InChI=1S/C13H13F3N2O2/c1-8-3-5-10(6-4-8)11(19)18-12(20,13(14,15)16)7-9(2)17-18/h3-6,20H,7H2,1-2H3/t12-/m0/s1. The van der Waals surface area contributed by atoms with Gasteiger partial charge in [0.2, 0.25) is 0 Å². The Kier molecular flexibility index (Phi) is 3.33. The lowest BCUT2D eigenvalue weighted by atomic mass is 10.1. The third kappa shape index (κ3) is 2.29. The van der Waals surface area contributed by atoms with Crippen LogP contribution in [0, 0.1) is 6.92 Å². The molecule has 1 heterocycles. The van der Waals surface area contributed by atoms with E-state index in [4.69, 9.17) is 0 Å². The number of carbonyl (C=O) groups excluding carboxylic acids is 1. The number of hydrazone groups is 1. The smallest absolute Gasteiger partial charge is 0.362 e. The molecular weight excluding hydrogens is 273 g/mol. The van der Waals surface area contributed by atoms with Crippen LogP contribution < -0.4 is 0 Å². The summed E-state index contributed by atoms with van der Waals surface area (Å²) in [6, 6.07) is 6.01. The summed E-state index contributed by atoms with van der Waals surface area (Å²) in [4.78, 5) is 12.1. The molecule has 1 aliphatic heterocycles. The Balaban J connectivity index is 2.39. The number of hydrogen-bond donors (Lipinski definition) is 1. The number of halogens is 3. The van der Waals surface area contributed by atoms with Gasteiger partial charge in [-0.2, -0.15) is 23.3 Å². The third-order valence-corrected chi connectivity index (χ3v) is 3.07. The largest absolute Gasteiger partial charge is 0.438 e. The molecule has 1 atom stereocenters. The van der Waals surface area contributed by atoms with E-state index >= 15 is 0 Å². The zero-order valence-corrected chi connectivity index (χ0v) is 10.9. The van der Waals surface area contributed by atoms with Gasteiger partial charge in [0, 0.05) is 17.7 Å². The van der Waals surface area contributed by atoms with Crippen LogP contribution >= 0.6 is 0 Å². The van der Waals surface area contributed by atoms with Crippen LogP contribution in [0.4, 0.5) is 13.2 Å². The van der Waals surface area contributed by atoms with Crippen LogP contribution in [0.3, 0.4) is 0 Å². The van der Waals surface area contributed by atoms with Gasteiger partial charge in [-0.3, -0.25) is 4.79 Å². The molecule has 20 heavy (non-hydrogen) atoms. The number of carbonyl (C=O) groups is 1. The van der Waals surface area contributed by atoms with Crippen LogP contribution in [-0.2, 0) is 0 Å². The minimum atomic E-state index is -4.98. The second-order valence-electron chi connectivity index (χ2n) is 4.81. The fourth-order valence-electron chi connectivity index (χ4n) is 1.97. The van der Waals surface area contributed by atoms with E-state index in [0.29, 0.717) is 0 Å². The number of nitrogens with zero attached hydrogens (tertiary/aromatic N) is 2. The SMILES string of the molecule is CC1=NN(C(=O)c2ccc(C)cc2)[C@@](O)(C(F)(F)F)C1. The Morgan fingerprint density at radius 2 is 1.85 bits per heavy atom. The first kappa shape index (κ1) is 14.5. The predicted octanol–water partition coefficient (Wildman–Crippen LogP) is 2.47. The van der Waals surface area contributed by atoms with E-state index in [1.807, 2.05) is 0 Å². The molecule has 108 valence electrons. The van der Waals surface area contributed by atoms with Gasteiger partial charge in [-0.25, -0.2) is 0 Å². The van der Waals surface area contributed by atoms with Crippen LogP contribution in [0.1, 0.15) is 29.3 Å². The number of rotatable bonds is 1. The first-order valence-electron chi connectivity index (χ1n) is 5.89. The molecule has 7 heteroatoms. The third-order valence-electron chi connectivity index (χ3n) is 3.07. The van der Waals surface area contributed by atoms with Gasteiger partial charge in [0.15, 0.2) is 0 Å². The summed E-state index contributed by atoms with van der Waals surface area (Å²) in [6.07, 6.45) is -5.72. The normalized spacial score (nSPS) is 22.9. The van der Waals surface area contributed by atoms with Crippen molar-refractivity contribution in [2.75, 3.05) is 0 Å². The van der Waals surface area contributed by atoms with E-state index in [2.05, 4.69) is 5.10 Å². The van der Waals surface area contributed by atoms with E-state index in [1.54, 1.807) is 19.1 Å². The van der Waals surface area contributed by atoms with Crippen LogP contribution in [0.5, 0.6) is 0 Å². The van der Waals surface area contributed by atoms with E-state index < -0.39 is 24.2 Å². The van der Waals surface area contributed by atoms with Crippen molar-refractivity contribution in [2.45, 2.75) is 32.2 Å². The Morgan fingerprint density at radius 3 is 2.35 bits per heavy atom. The van der Waals surface area contributed by atoms with Crippen LogP contribution in [0.15, 0.2) is 29.4 Å². The Morgan fingerprint density at radius 1 is 1.30 bits per heavy atom. The second kappa shape index (κ2) is 4.59. The highest BCUT2D eigenvalue weighted by Gasteiger charge is 2.62. The molecule has 0 radical (unpaired) electrons. The highest BCUT2D eigenvalue weighted by molar-refractivity contribution is 5.97. The molecule has 1 aliphatic rings. The summed E-state index contributed by atoms with van der Waals surface area (Å²) in [5.74, 6) is -0.985. The zero-order chi connectivity index (χ0) is 15.1. The van der Waals surface area contributed by atoms with Gasteiger partial charge in [-0.05, 0) is 26.0 Å². The fraction of sp³-hybridized carbons (Fsp3) is 0.385. The van der Waals surface area contributed by atoms with Crippen molar-refractivity contribution < 1.29 is 23.1 Å². The molecule has 0 aliphatic carbocycles. The second-order valence-corrected chi connectivity index (χ2v) is 4.81. The van der Waals surface area contributed by atoms with Gasteiger partial charge in [0.05, 0.1) is 0 Å². The minimum absolute atomic E-state index is 0.0386. The lowest BCUT2D eigenvalue weighted by Gasteiger charge is -2.32. The van der Waals surface area contributed by atoms with Crippen molar-refractivity contribution in [3.8, 4) is 0 Å². The number of aliphatic hydroxyl groups is 1. The van der Waals surface area contributed by atoms with Crippen molar-refractivity contribution in [1.29, 1.82) is 0 Å². The van der Waals surface area contributed by atoms with Gasteiger partial charge in [0.25, 0.3) is 11.6 Å². The molecule has 0 saturated heterocycles. The van der Waals surface area contributed by atoms with Gasteiger partial charge in [0.1, 0.15) is 0 Å². The van der Waals surface area contributed by atoms with Gasteiger partial charge < -0.3 is 5.11 Å². The monoisotopic (exact) mass is 286 g/mol. The molecule has 2 rings (SSSR count). The Labute approximate surface area is 113 Å². The molecule has 0 bridgehead atoms. The number of hydrogen-bond acceptors (Lipinski definition) is 3. The minimum Gasteiger partial charge on any atom is -0.362 e. The Hall–Kier alpha value is -1.89. The first-order valence-corrected chi connectivity index (χ1v) is 5.89. The molecule has 1 amide bonds. The molecule has 1 aromatic carbocycles. The van der Waals surface area contributed by atoms with Gasteiger partial charge in [-0.1, -0.05) is 17.7 Å². The van der Waals surface area contributed by atoms with E-state index in [-0.39, 0.29) is 16.3 Å². The van der Waals surface area contributed by atoms with Crippen molar-refractivity contribution in [2.24, 2.45) is 5.10 Å². The van der Waals surface area contributed by atoms with E-state index in [1.165, 1.54) is 19.1 Å². The lowest BCUT2D eigenvalue weighted by molar-refractivity contribution is -0.297. The summed E-state index contributed by atoms with van der Waals surface area (Å²) in [5, 5.41) is 13.5. The van der Waals surface area contributed by atoms with Crippen molar-refractivity contribution in [3.05, 3.63) is 35.4 Å². The average Bonchev–Trinajstić information content (AvgIpc) is 2.65. The van der Waals surface area contributed by atoms with Crippen molar-refractivity contribution >= 4 is 11.6 Å². The van der Waals surface area contributed by atoms with Gasteiger partial charge in [-0.15, -0.1) is 0 Å². The maximum absolute atomic E-state index is 13.0. The predicted molar refractivity (Wildman–Crippen MR) is 66.1 cm³/mol. The molecule has 0 fully saturated rings. The number of alkyl halides is 3. The number of benzene rings is 1. The average molecular weight is 286 g/mol. The van der Waals surface area contributed by atoms with Crippen molar-refractivity contribution in [1.82, 2.24) is 5.01 Å². The molecule has 0 aromatic heterocycles. The molecule has 4 nitrogen and oxygen atoms in total. The van der Waals surface area contributed by atoms with Crippen LogP contribution in [0.25, 0.3) is 0 Å². The summed E-state index contributed by atoms with van der Waals surface area (Å²) >= 11 is 0. The van der Waals surface area contributed by atoms with Crippen LogP contribution in [-0.4, -0.2) is 33.6 Å². The van der Waals surface area contributed by atoms with Gasteiger partial charge >= 0.3 is 6.18 Å². The first-order chi connectivity index (χ1) is 9.15. The van der Waals surface area contributed by atoms with Crippen LogP contribution in [0.2, 0.25) is 0 Å². The maximum Gasteiger partial charge on any atom is 0.438 e. The highest BCUT2D eigenvalue weighted by atomic mass is 19.4. The summed E-state index contributed by atoms with van der Waals surface area (Å²) < 4.78 is 39.0. The van der Waals surface area contributed by atoms with E-state index in [9.17, 15) is 23.1 Å². The maximum atomic E-state index is 13.0. The summed E-state index contributed by atoms with van der Waals surface area (Å²) in [7, 11) is 0. The molecule has 0 unspecified atom stereocenters. The summed E-state index contributed by atoms with van der Waals surface area (Å²) in [6.45, 7) is 3.12. The molecule has 0 spiro atoms. The molecular formula is C13H13F3N2O2. The quantitative estimate of drug-likeness (QED) is 0.862. The Bertz CT molecular complexity index is 566. The topological polar surface area (TPSA) is 52.9 Å². The highest BCUT2D eigenvalue weighted by Crippen LogP contribution is 2.40. The fourth-order valence-corrected chi connectivity index (χ4v) is 1.97. The van der Waals surface area contributed by atoms with Crippen molar-refractivity contribution in [3.63, 3.8) is 0 Å². The lowest BCUT2D eigenvalue weighted by Crippen LogP contribution is -2.56.